The lowest BCUT2D eigenvalue weighted by Crippen LogP contribution is -2.33. The summed E-state index contributed by atoms with van der Waals surface area (Å²) in [6.45, 7) is 0. The predicted molar refractivity (Wildman–Crippen MR) is 56.1 cm³/mol. The fraction of sp³-hybridized carbons (Fsp3) is 0.286. The van der Waals surface area contributed by atoms with Gasteiger partial charge in [0.1, 0.15) is 5.69 Å². The van der Waals surface area contributed by atoms with Crippen LogP contribution in [-0.4, -0.2) is 38.9 Å². The molecule has 82 valence electrons. The largest absolute Gasteiger partial charge is 0.493 e. The van der Waals surface area contributed by atoms with E-state index < -0.39 is 22.7 Å². The second-order valence-electron chi connectivity index (χ2n) is 3.21. The summed E-state index contributed by atoms with van der Waals surface area (Å²) in [6.07, 6.45) is 4.74. The molecule has 2 N–H and O–H groups in total. The Bertz CT molecular complexity index is 477. The van der Waals surface area contributed by atoms with Gasteiger partial charge in [-0.15, -0.1) is 0 Å². The first-order chi connectivity index (χ1) is 6.81. The zero-order valence-corrected chi connectivity index (χ0v) is 9.03. The van der Waals surface area contributed by atoms with E-state index in [1.54, 1.807) is 0 Å². The molecule has 0 aliphatic rings. The summed E-state index contributed by atoms with van der Waals surface area (Å²) < 4.78 is 28.4. The molecule has 0 aliphatic carbocycles. The summed E-state index contributed by atoms with van der Waals surface area (Å²) in [5, 5.41) is 17.6. The Hall–Kier alpha value is -0.985. The molecule has 0 unspecified atom stereocenters. The van der Waals surface area contributed by atoms with Gasteiger partial charge in [-0.3, -0.25) is 4.98 Å². The van der Waals surface area contributed by atoms with E-state index in [2.05, 4.69) is 9.35 Å². The van der Waals surface area contributed by atoms with Crippen molar-refractivity contribution in [3.05, 3.63) is 18.2 Å². The average molecular weight is 232 g/mol. The minimum Gasteiger partial charge on any atom is -0.423 e. The summed E-state index contributed by atoms with van der Waals surface area (Å²) in [7, 11) is -4.47. The molecule has 0 aliphatic heterocycles. The molecule has 0 aromatic carbocycles. The van der Waals surface area contributed by atoms with E-state index in [4.69, 9.17) is 10.0 Å². The summed E-state index contributed by atoms with van der Waals surface area (Å²) >= 11 is 0. The van der Waals surface area contributed by atoms with Crippen molar-refractivity contribution in [2.75, 3.05) is 12.5 Å². The maximum atomic E-state index is 13.5. The maximum Gasteiger partial charge on any atom is 0.493 e. The van der Waals surface area contributed by atoms with E-state index in [1.165, 1.54) is 12.5 Å². The van der Waals surface area contributed by atoms with Crippen molar-refractivity contribution in [2.24, 2.45) is 4.36 Å². The molecular formula is C7H10BFN2O3S. The lowest BCUT2D eigenvalue weighted by atomic mass is 9.81. The Kier molecular flexibility index (Phi) is 3.43. The lowest BCUT2D eigenvalue weighted by Gasteiger charge is -2.03. The number of pyridine rings is 1. The number of nitrogens with zero attached hydrogens (tertiary/aromatic N) is 2. The first-order valence-corrected chi connectivity index (χ1v) is 6.31. The van der Waals surface area contributed by atoms with Crippen LogP contribution in [0, 0.1) is 5.82 Å². The topological polar surface area (TPSA) is 82.8 Å². The molecule has 1 rings (SSSR count). The van der Waals surface area contributed by atoms with Crippen LogP contribution in [0.1, 0.15) is 0 Å². The van der Waals surface area contributed by atoms with Gasteiger partial charge in [0, 0.05) is 33.9 Å². The van der Waals surface area contributed by atoms with Gasteiger partial charge in [-0.05, 0) is 0 Å². The number of aromatic nitrogens is 1. The number of hydrogen-bond acceptors (Lipinski definition) is 5. The molecule has 0 amide bonds. The zero-order chi connectivity index (χ0) is 11.6. The highest BCUT2D eigenvalue weighted by Gasteiger charge is 2.19. The van der Waals surface area contributed by atoms with Crippen molar-refractivity contribution in [3.8, 4) is 0 Å². The Labute approximate surface area is 87.3 Å². The smallest absolute Gasteiger partial charge is 0.423 e. The molecule has 8 heteroatoms. The quantitative estimate of drug-likeness (QED) is 0.658. The molecule has 0 saturated carbocycles. The lowest BCUT2D eigenvalue weighted by molar-refractivity contribution is 0.423. The van der Waals surface area contributed by atoms with E-state index in [0.29, 0.717) is 0 Å². The molecule has 0 saturated heterocycles. The number of hydrogen-bond donors (Lipinski definition) is 2. The first kappa shape index (κ1) is 12.1. The number of halogens is 1. The van der Waals surface area contributed by atoms with Gasteiger partial charge in [0.15, 0.2) is 5.82 Å². The van der Waals surface area contributed by atoms with Gasteiger partial charge in [0.05, 0.1) is 6.20 Å². The molecule has 15 heavy (non-hydrogen) atoms. The number of rotatable bonds is 2. The monoisotopic (exact) mass is 232 g/mol. The van der Waals surface area contributed by atoms with Crippen molar-refractivity contribution < 1.29 is 18.6 Å². The van der Waals surface area contributed by atoms with Crippen LogP contribution in [0.2, 0.25) is 0 Å². The van der Waals surface area contributed by atoms with Crippen molar-refractivity contribution in [1.82, 2.24) is 4.98 Å². The summed E-state index contributed by atoms with van der Waals surface area (Å²) in [5.74, 6) is -0.920. The Balaban J connectivity index is 3.35. The fourth-order valence-corrected chi connectivity index (χ4v) is 1.53. The van der Waals surface area contributed by atoms with Crippen molar-refractivity contribution in [2.45, 2.75) is 0 Å². The summed E-state index contributed by atoms with van der Waals surface area (Å²) in [4.78, 5) is 3.57. The molecule has 1 aromatic heterocycles. The highest BCUT2D eigenvalue weighted by Crippen LogP contribution is 2.15. The standard InChI is InChI=1S/C7H10BFN2O3S/c1-15(2,14)11-6-4-10-3-5(7(6)9)8(12)13/h3-4,12-13H,1-2H3. The van der Waals surface area contributed by atoms with Gasteiger partial charge in [0.25, 0.3) is 0 Å². The molecule has 0 bridgehead atoms. The van der Waals surface area contributed by atoms with Crippen LogP contribution in [0.3, 0.4) is 0 Å². The van der Waals surface area contributed by atoms with Gasteiger partial charge >= 0.3 is 7.12 Å². The molecule has 1 aromatic rings. The molecule has 0 atom stereocenters. The zero-order valence-electron chi connectivity index (χ0n) is 8.22. The Morgan fingerprint density at radius 2 is 2.07 bits per heavy atom. The molecular weight excluding hydrogens is 222 g/mol. The second kappa shape index (κ2) is 4.25. The van der Waals surface area contributed by atoms with Gasteiger partial charge in [-0.1, -0.05) is 0 Å². The van der Waals surface area contributed by atoms with Crippen LogP contribution in [0.25, 0.3) is 0 Å². The highest BCUT2D eigenvalue weighted by atomic mass is 32.2. The Morgan fingerprint density at radius 1 is 1.47 bits per heavy atom. The second-order valence-corrected chi connectivity index (χ2v) is 5.75. The third kappa shape index (κ3) is 3.26. The molecule has 5 nitrogen and oxygen atoms in total. The predicted octanol–water partition coefficient (Wildman–Crippen LogP) is -0.740. The highest BCUT2D eigenvalue weighted by molar-refractivity contribution is 7.92. The van der Waals surface area contributed by atoms with Crippen LogP contribution in [0.5, 0.6) is 0 Å². The Morgan fingerprint density at radius 3 is 2.53 bits per heavy atom. The molecule has 0 fully saturated rings. The van der Waals surface area contributed by atoms with Crippen molar-refractivity contribution in [1.29, 1.82) is 0 Å². The SMILES string of the molecule is CS(C)(=O)=Nc1cncc(B(O)O)c1F. The molecule has 0 radical (unpaired) electrons. The summed E-state index contributed by atoms with van der Waals surface area (Å²) in [5.41, 5.74) is -0.629. The van der Waals surface area contributed by atoms with Crippen LogP contribution in [0.4, 0.5) is 10.1 Å². The van der Waals surface area contributed by atoms with Gasteiger partial charge < -0.3 is 10.0 Å². The maximum absolute atomic E-state index is 13.5. The van der Waals surface area contributed by atoms with Crippen LogP contribution in [0.15, 0.2) is 16.8 Å². The average Bonchev–Trinajstić information content (AvgIpc) is 2.05. The van der Waals surface area contributed by atoms with Crippen molar-refractivity contribution >= 4 is 28.0 Å². The van der Waals surface area contributed by atoms with E-state index in [0.717, 1.165) is 12.4 Å². The van der Waals surface area contributed by atoms with Crippen LogP contribution >= 0.6 is 0 Å². The van der Waals surface area contributed by atoms with Crippen LogP contribution in [-0.2, 0) is 9.73 Å². The fourth-order valence-electron chi connectivity index (χ4n) is 0.930. The normalized spacial score (nSPS) is 11.3. The summed E-state index contributed by atoms with van der Waals surface area (Å²) in [6, 6.07) is 0. The van der Waals surface area contributed by atoms with E-state index in [1.807, 2.05) is 0 Å². The molecule has 1 heterocycles. The third-order valence-corrected chi connectivity index (χ3v) is 2.12. The minimum absolute atomic E-state index is 0.240. The molecule has 0 spiro atoms. The van der Waals surface area contributed by atoms with E-state index >= 15 is 0 Å². The van der Waals surface area contributed by atoms with Gasteiger partial charge in [0.2, 0.25) is 0 Å². The van der Waals surface area contributed by atoms with Crippen molar-refractivity contribution in [3.63, 3.8) is 0 Å². The third-order valence-electron chi connectivity index (χ3n) is 1.49. The van der Waals surface area contributed by atoms with Gasteiger partial charge in [-0.2, -0.15) is 4.36 Å². The van der Waals surface area contributed by atoms with Crippen LogP contribution < -0.4 is 5.46 Å². The minimum atomic E-state index is -2.51. The van der Waals surface area contributed by atoms with E-state index in [9.17, 15) is 8.60 Å². The van der Waals surface area contributed by atoms with E-state index in [-0.39, 0.29) is 11.2 Å². The van der Waals surface area contributed by atoms with Gasteiger partial charge in [-0.25, -0.2) is 8.60 Å². The first-order valence-electron chi connectivity index (χ1n) is 3.98.